The second-order valence-corrected chi connectivity index (χ2v) is 5.42. The van der Waals surface area contributed by atoms with E-state index in [-0.39, 0.29) is 5.54 Å². The zero-order valence-corrected chi connectivity index (χ0v) is 11.4. The molecule has 3 nitrogen and oxygen atoms in total. The van der Waals surface area contributed by atoms with Gasteiger partial charge in [-0.1, -0.05) is 13.8 Å². The van der Waals surface area contributed by atoms with Crippen LogP contribution in [0.25, 0.3) is 0 Å². The van der Waals surface area contributed by atoms with Crippen LogP contribution in [0.5, 0.6) is 0 Å². The molecule has 0 radical (unpaired) electrons. The molecule has 1 aromatic heterocycles. The lowest BCUT2D eigenvalue weighted by Gasteiger charge is -2.33. The van der Waals surface area contributed by atoms with Crippen molar-refractivity contribution in [3.63, 3.8) is 0 Å². The number of rotatable bonds is 4. The van der Waals surface area contributed by atoms with E-state index in [0.717, 1.165) is 25.9 Å². The maximum atomic E-state index is 4.40. The van der Waals surface area contributed by atoms with Crippen LogP contribution in [0.4, 0.5) is 0 Å². The number of piperidine rings is 1. The number of nitrogens with one attached hydrogen (secondary N) is 1. The lowest BCUT2D eigenvalue weighted by Crippen LogP contribution is -2.33. The van der Waals surface area contributed by atoms with E-state index >= 15 is 0 Å². The zero-order valence-electron chi connectivity index (χ0n) is 11.4. The molecule has 0 unspecified atom stereocenters. The summed E-state index contributed by atoms with van der Waals surface area (Å²) in [4.78, 5) is 4.40. The van der Waals surface area contributed by atoms with Crippen molar-refractivity contribution in [2.45, 2.75) is 57.9 Å². The second-order valence-electron chi connectivity index (χ2n) is 5.42. The molecule has 0 aliphatic carbocycles. The Bertz CT molecular complexity index is 346. The molecule has 1 saturated heterocycles. The summed E-state index contributed by atoms with van der Waals surface area (Å²) in [5.41, 5.74) is 1.68. The first-order valence-electron chi connectivity index (χ1n) is 6.94. The Labute approximate surface area is 105 Å². The van der Waals surface area contributed by atoms with Gasteiger partial charge in [0.25, 0.3) is 0 Å². The highest BCUT2D eigenvalue weighted by Crippen LogP contribution is 2.32. The molecule has 1 aromatic rings. The summed E-state index contributed by atoms with van der Waals surface area (Å²) in [6.45, 7) is 9.18. The Morgan fingerprint density at radius 1 is 1.35 bits per heavy atom. The summed E-state index contributed by atoms with van der Waals surface area (Å²) in [5.74, 6) is 0.691. The van der Waals surface area contributed by atoms with Gasteiger partial charge in [-0.2, -0.15) is 0 Å². The minimum Gasteiger partial charge on any atom is -0.329 e. The fourth-order valence-electron chi connectivity index (χ4n) is 2.77. The zero-order chi connectivity index (χ0) is 12.3. The van der Waals surface area contributed by atoms with Gasteiger partial charge in [-0.05, 0) is 45.7 Å². The molecule has 0 aromatic carbocycles. The molecule has 3 heteroatoms. The second kappa shape index (κ2) is 5.21. The summed E-state index contributed by atoms with van der Waals surface area (Å²) in [6, 6.07) is 0. The van der Waals surface area contributed by atoms with Gasteiger partial charge in [-0.25, -0.2) is 4.98 Å². The molecule has 0 bridgehead atoms. The summed E-state index contributed by atoms with van der Waals surface area (Å²) < 4.78 is 2.43. The van der Waals surface area contributed by atoms with Crippen LogP contribution in [0.3, 0.4) is 0 Å². The maximum absolute atomic E-state index is 4.40. The van der Waals surface area contributed by atoms with Crippen molar-refractivity contribution in [3.05, 3.63) is 18.2 Å². The molecular formula is C14H25N3. The van der Waals surface area contributed by atoms with Crippen molar-refractivity contribution in [1.82, 2.24) is 14.9 Å². The number of hydrogen-bond donors (Lipinski definition) is 1. The topological polar surface area (TPSA) is 29.9 Å². The summed E-state index contributed by atoms with van der Waals surface area (Å²) >= 11 is 0. The molecule has 17 heavy (non-hydrogen) atoms. The van der Waals surface area contributed by atoms with E-state index in [1.807, 2.05) is 6.33 Å². The lowest BCUT2D eigenvalue weighted by molar-refractivity contribution is 0.275. The van der Waals surface area contributed by atoms with Crippen LogP contribution < -0.4 is 5.32 Å². The molecule has 0 amide bonds. The van der Waals surface area contributed by atoms with Gasteiger partial charge < -0.3 is 9.88 Å². The molecule has 1 N–H and O–H groups in total. The van der Waals surface area contributed by atoms with Crippen LogP contribution in [0.2, 0.25) is 0 Å². The van der Waals surface area contributed by atoms with Crippen molar-refractivity contribution >= 4 is 0 Å². The van der Waals surface area contributed by atoms with Crippen molar-refractivity contribution in [2.24, 2.45) is 0 Å². The van der Waals surface area contributed by atoms with Crippen LogP contribution in [0, 0.1) is 0 Å². The van der Waals surface area contributed by atoms with E-state index in [1.165, 1.54) is 18.5 Å². The van der Waals surface area contributed by atoms with Gasteiger partial charge in [-0.15, -0.1) is 0 Å². The van der Waals surface area contributed by atoms with Crippen molar-refractivity contribution in [3.8, 4) is 0 Å². The van der Waals surface area contributed by atoms with Gasteiger partial charge in [0.15, 0.2) is 0 Å². The smallest absolute Gasteiger partial charge is 0.0953 e. The molecule has 0 atom stereocenters. The predicted octanol–water partition coefficient (Wildman–Crippen LogP) is 2.89. The third kappa shape index (κ3) is 2.39. The van der Waals surface area contributed by atoms with Crippen molar-refractivity contribution in [2.75, 3.05) is 13.1 Å². The first-order chi connectivity index (χ1) is 8.21. The monoisotopic (exact) mass is 235 g/mol. The van der Waals surface area contributed by atoms with E-state index in [9.17, 15) is 0 Å². The molecule has 96 valence electrons. The third-order valence-corrected chi connectivity index (χ3v) is 4.53. The van der Waals surface area contributed by atoms with Gasteiger partial charge in [0, 0.05) is 23.3 Å². The number of hydrogen-bond acceptors (Lipinski definition) is 2. The van der Waals surface area contributed by atoms with E-state index in [4.69, 9.17) is 0 Å². The molecule has 1 aliphatic rings. The van der Waals surface area contributed by atoms with Gasteiger partial charge in [0.1, 0.15) is 0 Å². The van der Waals surface area contributed by atoms with Gasteiger partial charge >= 0.3 is 0 Å². The standard InChI is InChI=1S/C14H25N3/c1-4-14(3,5-2)17-11-16-10-13(17)12-6-8-15-9-7-12/h10-12,15H,4-9H2,1-3H3. The maximum Gasteiger partial charge on any atom is 0.0953 e. The average molecular weight is 235 g/mol. The van der Waals surface area contributed by atoms with Crippen molar-refractivity contribution < 1.29 is 0 Å². The highest BCUT2D eigenvalue weighted by Gasteiger charge is 2.27. The Hall–Kier alpha value is -0.830. The highest BCUT2D eigenvalue weighted by atomic mass is 15.1. The Balaban J connectivity index is 2.26. The highest BCUT2D eigenvalue weighted by molar-refractivity contribution is 5.11. The molecule has 0 spiro atoms. The van der Waals surface area contributed by atoms with E-state index in [2.05, 4.69) is 41.8 Å². The van der Waals surface area contributed by atoms with Crippen LogP contribution in [0.15, 0.2) is 12.5 Å². The van der Waals surface area contributed by atoms with Crippen LogP contribution >= 0.6 is 0 Å². The molecule has 1 aliphatic heterocycles. The fraction of sp³-hybridized carbons (Fsp3) is 0.786. The first kappa shape index (κ1) is 12.6. The quantitative estimate of drug-likeness (QED) is 0.869. The minimum atomic E-state index is 0.233. The molecule has 2 heterocycles. The number of imidazole rings is 1. The molecular weight excluding hydrogens is 210 g/mol. The fourth-order valence-corrected chi connectivity index (χ4v) is 2.77. The van der Waals surface area contributed by atoms with E-state index in [0.29, 0.717) is 5.92 Å². The number of nitrogens with zero attached hydrogens (tertiary/aromatic N) is 2. The Morgan fingerprint density at radius 2 is 2.00 bits per heavy atom. The molecule has 1 fully saturated rings. The summed E-state index contributed by atoms with van der Waals surface area (Å²) in [7, 11) is 0. The lowest BCUT2D eigenvalue weighted by atomic mass is 9.90. The van der Waals surface area contributed by atoms with E-state index in [1.54, 1.807) is 0 Å². The largest absolute Gasteiger partial charge is 0.329 e. The minimum absolute atomic E-state index is 0.233. The van der Waals surface area contributed by atoms with Gasteiger partial charge in [0.05, 0.1) is 6.33 Å². The van der Waals surface area contributed by atoms with Crippen molar-refractivity contribution in [1.29, 1.82) is 0 Å². The predicted molar refractivity (Wildman–Crippen MR) is 71.3 cm³/mol. The number of aromatic nitrogens is 2. The molecule has 2 rings (SSSR count). The van der Waals surface area contributed by atoms with Gasteiger partial charge in [0.2, 0.25) is 0 Å². The van der Waals surface area contributed by atoms with Crippen LogP contribution in [-0.2, 0) is 5.54 Å². The average Bonchev–Trinajstić information content (AvgIpc) is 2.88. The first-order valence-corrected chi connectivity index (χ1v) is 6.94. The van der Waals surface area contributed by atoms with Crippen LogP contribution in [-0.4, -0.2) is 22.6 Å². The Kier molecular flexibility index (Phi) is 3.87. The normalized spacial score (nSPS) is 18.5. The van der Waals surface area contributed by atoms with Gasteiger partial charge in [-0.3, -0.25) is 0 Å². The summed E-state index contributed by atoms with van der Waals surface area (Å²) in [5, 5.41) is 3.43. The SMILES string of the molecule is CCC(C)(CC)n1cncc1C1CCNCC1. The summed E-state index contributed by atoms with van der Waals surface area (Å²) in [6.07, 6.45) is 8.93. The molecule has 0 saturated carbocycles. The third-order valence-electron chi connectivity index (χ3n) is 4.53. The van der Waals surface area contributed by atoms with Crippen LogP contribution in [0.1, 0.15) is 58.1 Å². The Morgan fingerprint density at radius 3 is 2.59 bits per heavy atom. The van der Waals surface area contributed by atoms with E-state index < -0.39 is 0 Å².